The standard InChI is InChI=1S/C10H11ClF2N2/c11-8-5-14-3-1-9(8)15-4-2-7(6-15)10(12)13/h1,3,5,7,10H,2,4,6H2. The van der Waals surface area contributed by atoms with E-state index in [4.69, 9.17) is 11.6 Å². The van der Waals surface area contributed by atoms with Crippen LogP contribution in [-0.4, -0.2) is 24.5 Å². The topological polar surface area (TPSA) is 16.1 Å². The van der Waals surface area contributed by atoms with E-state index in [9.17, 15) is 8.78 Å². The van der Waals surface area contributed by atoms with Gasteiger partial charge in [0.15, 0.2) is 0 Å². The van der Waals surface area contributed by atoms with Crippen molar-refractivity contribution in [3.63, 3.8) is 0 Å². The van der Waals surface area contributed by atoms with Crippen LogP contribution < -0.4 is 4.90 Å². The van der Waals surface area contributed by atoms with Gasteiger partial charge >= 0.3 is 0 Å². The normalized spacial score (nSPS) is 21.3. The van der Waals surface area contributed by atoms with E-state index in [0.717, 1.165) is 5.69 Å². The van der Waals surface area contributed by atoms with Crippen LogP contribution in [0, 0.1) is 5.92 Å². The number of hydrogen-bond acceptors (Lipinski definition) is 2. The van der Waals surface area contributed by atoms with Crippen molar-refractivity contribution >= 4 is 17.3 Å². The lowest BCUT2D eigenvalue weighted by molar-refractivity contribution is 0.0880. The predicted molar refractivity (Wildman–Crippen MR) is 55.6 cm³/mol. The van der Waals surface area contributed by atoms with Gasteiger partial charge in [-0.25, -0.2) is 8.78 Å². The van der Waals surface area contributed by atoms with Gasteiger partial charge in [0.1, 0.15) is 0 Å². The van der Waals surface area contributed by atoms with Gasteiger partial charge in [0, 0.05) is 31.4 Å². The molecule has 2 rings (SSSR count). The van der Waals surface area contributed by atoms with E-state index in [1.807, 2.05) is 4.90 Å². The lowest BCUT2D eigenvalue weighted by Gasteiger charge is -2.19. The fourth-order valence-electron chi connectivity index (χ4n) is 1.84. The molecule has 0 spiro atoms. The molecule has 0 amide bonds. The van der Waals surface area contributed by atoms with Gasteiger partial charge < -0.3 is 4.90 Å². The summed E-state index contributed by atoms with van der Waals surface area (Å²) in [5.41, 5.74) is 0.801. The Morgan fingerprint density at radius 2 is 2.33 bits per heavy atom. The molecule has 0 radical (unpaired) electrons. The first kappa shape index (κ1) is 10.6. The molecule has 1 aliphatic rings. The molecule has 1 fully saturated rings. The van der Waals surface area contributed by atoms with Crippen molar-refractivity contribution in [2.24, 2.45) is 5.92 Å². The summed E-state index contributed by atoms with van der Waals surface area (Å²) in [4.78, 5) is 5.75. The first-order valence-electron chi connectivity index (χ1n) is 4.81. The number of nitrogens with zero attached hydrogens (tertiary/aromatic N) is 2. The largest absolute Gasteiger partial charge is 0.370 e. The zero-order valence-corrected chi connectivity index (χ0v) is 8.79. The lowest BCUT2D eigenvalue weighted by Crippen LogP contribution is -2.22. The highest BCUT2D eigenvalue weighted by Crippen LogP contribution is 2.31. The summed E-state index contributed by atoms with van der Waals surface area (Å²) >= 11 is 5.94. The van der Waals surface area contributed by atoms with Gasteiger partial charge in [0.25, 0.3) is 0 Å². The third kappa shape index (κ3) is 2.20. The molecule has 1 aliphatic heterocycles. The van der Waals surface area contributed by atoms with Crippen LogP contribution in [0.25, 0.3) is 0 Å². The van der Waals surface area contributed by atoms with E-state index in [1.165, 1.54) is 6.20 Å². The smallest absolute Gasteiger partial charge is 0.243 e. The third-order valence-corrected chi connectivity index (χ3v) is 2.96. The Morgan fingerprint density at radius 3 is 2.93 bits per heavy atom. The van der Waals surface area contributed by atoms with Crippen LogP contribution in [0.3, 0.4) is 0 Å². The first-order chi connectivity index (χ1) is 7.18. The first-order valence-corrected chi connectivity index (χ1v) is 5.19. The van der Waals surface area contributed by atoms with Gasteiger partial charge in [-0.15, -0.1) is 0 Å². The van der Waals surface area contributed by atoms with Gasteiger partial charge in [0.05, 0.1) is 10.7 Å². The Labute approximate surface area is 91.9 Å². The molecule has 1 unspecified atom stereocenters. The van der Waals surface area contributed by atoms with Gasteiger partial charge in [-0.1, -0.05) is 11.6 Å². The van der Waals surface area contributed by atoms with Crippen LogP contribution in [0.15, 0.2) is 18.5 Å². The van der Waals surface area contributed by atoms with Crippen molar-refractivity contribution in [3.8, 4) is 0 Å². The second kappa shape index (κ2) is 4.31. The molecule has 1 saturated heterocycles. The summed E-state index contributed by atoms with van der Waals surface area (Å²) in [6.07, 6.45) is 1.44. The van der Waals surface area contributed by atoms with Crippen LogP contribution in [0.4, 0.5) is 14.5 Å². The molecule has 0 bridgehead atoms. The minimum Gasteiger partial charge on any atom is -0.370 e. The van der Waals surface area contributed by atoms with Crippen LogP contribution >= 0.6 is 11.6 Å². The van der Waals surface area contributed by atoms with Crippen LogP contribution in [0.5, 0.6) is 0 Å². The average Bonchev–Trinajstić information content (AvgIpc) is 2.67. The monoisotopic (exact) mass is 232 g/mol. The lowest BCUT2D eigenvalue weighted by atomic mass is 10.1. The molecule has 15 heavy (non-hydrogen) atoms. The highest BCUT2D eigenvalue weighted by molar-refractivity contribution is 6.33. The molecule has 5 heteroatoms. The minimum absolute atomic E-state index is 0.376. The molecule has 2 heterocycles. The summed E-state index contributed by atoms with van der Waals surface area (Å²) in [5, 5.41) is 0.521. The number of aromatic nitrogens is 1. The maximum absolute atomic E-state index is 12.5. The molecule has 0 saturated carbocycles. The maximum atomic E-state index is 12.5. The Morgan fingerprint density at radius 1 is 1.53 bits per heavy atom. The quantitative estimate of drug-likeness (QED) is 0.780. The van der Waals surface area contributed by atoms with Crippen molar-refractivity contribution in [1.29, 1.82) is 0 Å². The summed E-state index contributed by atoms with van der Waals surface area (Å²) in [7, 11) is 0. The number of hydrogen-bond donors (Lipinski definition) is 0. The minimum atomic E-state index is -2.24. The molecule has 1 atom stereocenters. The van der Waals surface area contributed by atoms with E-state index in [2.05, 4.69) is 4.98 Å². The highest BCUT2D eigenvalue weighted by Gasteiger charge is 2.30. The van der Waals surface area contributed by atoms with E-state index >= 15 is 0 Å². The van der Waals surface area contributed by atoms with Crippen molar-refractivity contribution < 1.29 is 8.78 Å². The number of pyridine rings is 1. The molecule has 0 aromatic carbocycles. The average molecular weight is 233 g/mol. The molecule has 0 aliphatic carbocycles. The van der Waals surface area contributed by atoms with E-state index in [1.54, 1.807) is 12.3 Å². The van der Waals surface area contributed by atoms with Crippen molar-refractivity contribution in [2.75, 3.05) is 18.0 Å². The summed E-state index contributed by atoms with van der Waals surface area (Å²) < 4.78 is 24.9. The van der Waals surface area contributed by atoms with Crippen molar-refractivity contribution in [3.05, 3.63) is 23.5 Å². The molecule has 1 aromatic rings. The van der Waals surface area contributed by atoms with Gasteiger partial charge in [-0.2, -0.15) is 0 Å². The van der Waals surface area contributed by atoms with Gasteiger partial charge in [-0.3, -0.25) is 4.98 Å². The fraction of sp³-hybridized carbons (Fsp3) is 0.500. The number of anilines is 1. The molecular formula is C10H11ClF2N2. The van der Waals surface area contributed by atoms with Crippen LogP contribution in [0.1, 0.15) is 6.42 Å². The maximum Gasteiger partial charge on any atom is 0.243 e. The molecule has 82 valence electrons. The third-order valence-electron chi connectivity index (χ3n) is 2.67. The SMILES string of the molecule is FC(F)C1CCN(c2ccncc2Cl)C1. The fourth-order valence-corrected chi connectivity index (χ4v) is 2.07. The second-order valence-corrected chi connectivity index (χ2v) is 4.06. The zero-order chi connectivity index (χ0) is 10.8. The van der Waals surface area contributed by atoms with E-state index in [0.29, 0.717) is 24.5 Å². The zero-order valence-electron chi connectivity index (χ0n) is 8.04. The molecule has 2 nitrogen and oxygen atoms in total. The number of alkyl halides is 2. The summed E-state index contributed by atoms with van der Waals surface area (Å²) in [6.45, 7) is 1.01. The van der Waals surface area contributed by atoms with Crippen LogP contribution in [0.2, 0.25) is 5.02 Å². The summed E-state index contributed by atoms with van der Waals surface area (Å²) in [6, 6.07) is 1.76. The Bertz CT molecular complexity index is 346. The van der Waals surface area contributed by atoms with Gasteiger partial charge in [-0.05, 0) is 12.5 Å². The molecule has 1 aromatic heterocycles. The number of rotatable bonds is 2. The Hall–Kier alpha value is -0.900. The van der Waals surface area contributed by atoms with E-state index < -0.39 is 12.3 Å². The van der Waals surface area contributed by atoms with Crippen molar-refractivity contribution in [2.45, 2.75) is 12.8 Å². The molecular weight excluding hydrogens is 222 g/mol. The highest BCUT2D eigenvalue weighted by atomic mass is 35.5. The van der Waals surface area contributed by atoms with Crippen molar-refractivity contribution in [1.82, 2.24) is 4.98 Å². The molecule has 0 N–H and O–H groups in total. The second-order valence-electron chi connectivity index (χ2n) is 3.66. The summed E-state index contributed by atoms with van der Waals surface area (Å²) in [5.74, 6) is -0.533. The van der Waals surface area contributed by atoms with E-state index in [-0.39, 0.29) is 0 Å². The predicted octanol–water partition coefficient (Wildman–Crippen LogP) is 2.83. The van der Waals surface area contributed by atoms with Crippen LogP contribution in [-0.2, 0) is 0 Å². The number of halogens is 3. The Balaban J connectivity index is 2.11. The Kier molecular flexibility index (Phi) is 3.05. The van der Waals surface area contributed by atoms with Gasteiger partial charge in [0.2, 0.25) is 6.43 Å².